The number of halogens is 1. The number of hydrogen-bond acceptors (Lipinski definition) is 3. The summed E-state index contributed by atoms with van der Waals surface area (Å²) in [7, 11) is 0. The second-order valence-electron chi connectivity index (χ2n) is 2.70. The number of benzene rings is 1. The molecule has 0 heterocycles. The molecular weight excluding hydrogens is 295 g/mol. The molecule has 0 unspecified atom stereocenters. The van der Waals surface area contributed by atoms with Crippen LogP contribution in [-0.2, 0) is 4.79 Å². The largest absolute Gasteiger partial charge is 0.274 e. The molecule has 5 heteroatoms. The van der Waals surface area contributed by atoms with E-state index in [9.17, 15) is 9.59 Å². The molecule has 0 aliphatic heterocycles. The third-order valence-corrected chi connectivity index (χ3v) is 2.30. The van der Waals surface area contributed by atoms with E-state index >= 15 is 0 Å². The summed E-state index contributed by atoms with van der Waals surface area (Å²) in [5, 5.41) is 0.603. The minimum absolute atomic E-state index is 0.412. The number of nitrogens with zero attached hydrogens (tertiary/aromatic N) is 1. The lowest BCUT2D eigenvalue weighted by atomic mass is 10.2. The third kappa shape index (κ3) is 2.52. The van der Waals surface area contributed by atoms with E-state index in [0.29, 0.717) is 10.6 Å². The average molecular weight is 304 g/mol. The average Bonchev–Trinajstić information content (AvgIpc) is 2.15. The first-order valence-electron chi connectivity index (χ1n) is 3.87. The van der Waals surface area contributed by atoms with Gasteiger partial charge in [-0.3, -0.25) is 9.59 Å². The number of rotatable bonds is 1. The van der Waals surface area contributed by atoms with E-state index in [2.05, 4.69) is 22.6 Å². The Morgan fingerprint density at radius 2 is 2.07 bits per heavy atom. The first-order chi connectivity index (χ1) is 6.52. The standard InChI is InChI=1S/C9H9IN2O2/c1-6(13)12(11)9(14)7-3-2-4-8(10)5-7/h2-5H,11H2,1H3. The van der Waals surface area contributed by atoms with Gasteiger partial charge >= 0.3 is 0 Å². The van der Waals surface area contributed by atoms with E-state index in [4.69, 9.17) is 5.84 Å². The monoisotopic (exact) mass is 304 g/mol. The molecule has 1 aromatic carbocycles. The van der Waals surface area contributed by atoms with E-state index in [1.165, 1.54) is 6.92 Å². The van der Waals surface area contributed by atoms with Crippen molar-refractivity contribution in [1.82, 2.24) is 5.01 Å². The zero-order valence-corrected chi connectivity index (χ0v) is 9.69. The van der Waals surface area contributed by atoms with Crippen LogP contribution in [0.5, 0.6) is 0 Å². The van der Waals surface area contributed by atoms with Crippen LogP contribution in [-0.4, -0.2) is 16.8 Å². The highest BCUT2D eigenvalue weighted by Crippen LogP contribution is 2.09. The number of carbonyl (C=O) groups excluding carboxylic acids is 2. The van der Waals surface area contributed by atoms with Gasteiger partial charge in [-0.05, 0) is 40.8 Å². The highest BCUT2D eigenvalue weighted by molar-refractivity contribution is 14.1. The molecule has 0 saturated carbocycles. The molecule has 2 N–H and O–H groups in total. The molecule has 0 radical (unpaired) electrons. The number of carbonyl (C=O) groups is 2. The van der Waals surface area contributed by atoms with Gasteiger partial charge in [0.05, 0.1) is 0 Å². The van der Waals surface area contributed by atoms with Gasteiger partial charge in [-0.1, -0.05) is 6.07 Å². The Bertz CT molecular complexity index is 379. The highest BCUT2D eigenvalue weighted by atomic mass is 127. The van der Waals surface area contributed by atoms with Crippen molar-refractivity contribution in [2.24, 2.45) is 5.84 Å². The minimum Gasteiger partial charge on any atom is -0.273 e. The summed E-state index contributed by atoms with van der Waals surface area (Å²) in [5.41, 5.74) is 0.412. The van der Waals surface area contributed by atoms with E-state index < -0.39 is 11.8 Å². The molecule has 0 fully saturated rings. The van der Waals surface area contributed by atoms with Gasteiger partial charge in [-0.2, -0.15) is 0 Å². The Kier molecular flexibility index (Phi) is 3.59. The van der Waals surface area contributed by atoms with Crippen LogP contribution in [0.2, 0.25) is 0 Å². The predicted octanol–water partition coefficient (Wildman–Crippen LogP) is 1.15. The molecule has 0 aliphatic carbocycles. The van der Waals surface area contributed by atoms with Crippen molar-refractivity contribution in [1.29, 1.82) is 0 Å². The topological polar surface area (TPSA) is 63.4 Å². The molecule has 4 nitrogen and oxygen atoms in total. The maximum atomic E-state index is 11.5. The summed E-state index contributed by atoms with van der Waals surface area (Å²) in [6.07, 6.45) is 0. The first kappa shape index (κ1) is 11.1. The normalized spacial score (nSPS) is 9.64. The fraction of sp³-hybridized carbons (Fsp3) is 0.111. The Morgan fingerprint density at radius 1 is 1.43 bits per heavy atom. The van der Waals surface area contributed by atoms with Crippen LogP contribution in [0.15, 0.2) is 24.3 Å². The molecule has 1 rings (SSSR count). The van der Waals surface area contributed by atoms with Gasteiger partial charge in [0.15, 0.2) is 0 Å². The molecule has 74 valence electrons. The number of amides is 2. The molecule has 0 aliphatic rings. The van der Waals surface area contributed by atoms with Crippen molar-refractivity contribution < 1.29 is 9.59 Å². The molecule has 2 amide bonds. The fourth-order valence-electron chi connectivity index (χ4n) is 0.904. The van der Waals surface area contributed by atoms with Gasteiger partial charge in [0.1, 0.15) is 0 Å². The summed E-state index contributed by atoms with van der Waals surface area (Å²) in [6.45, 7) is 1.24. The minimum atomic E-state index is -0.490. The number of hydrogen-bond donors (Lipinski definition) is 1. The fourth-order valence-corrected chi connectivity index (χ4v) is 1.45. The molecule has 0 saturated heterocycles. The quantitative estimate of drug-likeness (QED) is 0.366. The smallest absolute Gasteiger partial charge is 0.273 e. The van der Waals surface area contributed by atoms with Crippen molar-refractivity contribution >= 4 is 34.4 Å². The van der Waals surface area contributed by atoms with Crippen LogP contribution in [0, 0.1) is 3.57 Å². The van der Waals surface area contributed by atoms with Crippen molar-refractivity contribution in [3.8, 4) is 0 Å². The zero-order chi connectivity index (χ0) is 10.7. The van der Waals surface area contributed by atoms with Crippen molar-refractivity contribution in [2.75, 3.05) is 0 Å². The Labute approximate surface area is 95.2 Å². The molecule has 0 atom stereocenters. The summed E-state index contributed by atoms with van der Waals surface area (Å²) in [5.74, 6) is 4.31. The summed E-state index contributed by atoms with van der Waals surface area (Å²) >= 11 is 2.08. The van der Waals surface area contributed by atoms with Crippen LogP contribution in [0.25, 0.3) is 0 Å². The third-order valence-electron chi connectivity index (χ3n) is 1.63. The SMILES string of the molecule is CC(=O)N(N)C(=O)c1cccc(I)c1. The highest BCUT2D eigenvalue weighted by Gasteiger charge is 2.15. The van der Waals surface area contributed by atoms with Gasteiger partial charge in [-0.15, -0.1) is 0 Å². The van der Waals surface area contributed by atoms with E-state index in [1.54, 1.807) is 18.2 Å². The Hall–Kier alpha value is -0.950. The van der Waals surface area contributed by atoms with E-state index in [0.717, 1.165) is 3.57 Å². The zero-order valence-electron chi connectivity index (χ0n) is 7.53. The predicted molar refractivity (Wildman–Crippen MR) is 60.2 cm³/mol. The van der Waals surface area contributed by atoms with Crippen LogP contribution >= 0.6 is 22.6 Å². The summed E-state index contributed by atoms with van der Waals surface area (Å²) in [6, 6.07) is 6.88. The summed E-state index contributed by atoms with van der Waals surface area (Å²) < 4.78 is 0.922. The van der Waals surface area contributed by atoms with Crippen LogP contribution in [0.1, 0.15) is 17.3 Å². The molecule has 1 aromatic rings. The molecule has 0 aromatic heterocycles. The lowest BCUT2D eigenvalue weighted by Crippen LogP contribution is -2.41. The maximum Gasteiger partial charge on any atom is 0.274 e. The van der Waals surface area contributed by atoms with Gasteiger partial charge in [0, 0.05) is 16.1 Å². The molecule has 14 heavy (non-hydrogen) atoms. The first-order valence-corrected chi connectivity index (χ1v) is 4.95. The van der Waals surface area contributed by atoms with E-state index in [-0.39, 0.29) is 0 Å². The number of imide groups is 1. The van der Waals surface area contributed by atoms with E-state index in [1.807, 2.05) is 6.07 Å². The lowest BCUT2D eigenvalue weighted by Gasteiger charge is -2.11. The van der Waals surface area contributed by atoms with Crippen LogP contribution < -0.4 is 5.84 Å². The number of hydrazine groups is 1. The van der Waals surface area contributed by atoms with Gasteiger partial charge in [0.2, 0.25) is 5.91 Å². The van der Waals surface area contributed by atoms with Gasteiger partial charge in [0.25, 0.3) is 5.91 Å². The van der Waals surface area contributed by atoms with Crippen molar-refractivity contribution in [3.63, 3.8) is 0 Å². The van der Waals surface area contributed by atoms with Crippen molar-refractivity contribution in [2.45, 2.75) is 6.92 Å². The second-order valence-corrected chi connectivity index (χ2v) is 3.95. The summed E-state index contributed by atoms with van der Waals surface area (Å²) in [4.78, 5) is 22.3. The number of nitrogens with two attached hydrogens (primary N) is 1. The molecule has 0 bridgehead atoms. The van der Waals surface area contributed by atoms with Crippen LogP contribution in [0.3, 0.4) is 0 Å². The molecular formula is C9H9IN2O2. The van der Waals surface area contributed by atoms with Gasteiger partial charge in [-0.25, -0.2) is 10.9 Å². The van der Waals surface area contributed by atoms with Gasteiger partial charge < -0.3 is 0 Å². The Morgan fingerprint density at radius 3 is 2.57 bits per heavy atom. The second kappa shape index (κ2) is 4.52. The Balaban J connectivity index is 2.95. The maximum absolute atomic E-state index is 11.5. The van der Waals surface area contributed by atoms with Crippen LogP contribution in [0.4, 0.5) is 0 Å². The molecule has 0 spiro atoms. The lowest BCUT2D eigenvalue weighted by molar-refractivity contribution is -0.126. The van der Waals surface area contributed by atoms with Crippen molar-refractivity contribution in [3.05, 3.63) is 33.4 Å².